The summed E-state index contributed by atoms with van der Waals surface area (Å²) in [7, 11) is -4.35. The number of nitriles is 1. The Morgan fingerprint density at radius 2 is 1.95 bits per heavy atom. The minimum Gasteiger partial charge on any atom is -0.260 e. The van der Waals surface area contributed by atoms with E-state index in [1.807, 2.05) is 6.07 Å². The van der Waals surface area contributed by atoms with Gasteiger partial charge in [-0.3, -0.25) is 4.21 Å². The zero-order chi connectivity index (χ0) is 15.2. The molecule has 2 unspecified atom stereocenters. The summed E-state index contributed by atoms with van der Waals surface area (Å²) in [5.41, 5.74) is 1.13. The zero-order valence-corrected chi connectivity index (χ0v) is 13.1. The standard InChI is InChI=1S/C13H18N2O3S2/c1-11(7-8-19(2)16)15-20(17,18)10-13-5-3-12(9-14)4-6-13/h3-6,11,15H,7-8,10H2,1-2H3. The summed E-state index contributed by atoms with van der Waals surface area (Å²) >= 11 is 0. The number of hydrogen-bond acceptors (Lipinski definition) is 4. The first kappa shape index (κ1) is 16.8. The van der Waals surface area contributed by atoms with Crippen molar-refractivity contribution in [1.29, 1.82) is 5.26 Å². The summed E-state index contributed by atoms with van der Waals surface area (Å²) in [5.74, 6) is 0.346. The Kier molecular flexibility index (Phi) is 6.33. The minimum atomic E-state index is -3.43. The highest BCUT2D eigenvalue weighted by Gasteiger charge is 2.15. The predicted octanol–water partition coefficient (Wildman–Crippen LogP) is 1.13. The first-order valence-corrected chi connectivity index (χ1v) is 9.49. The molecule has 20 heavy (non-hydrogen) atoms. The van der Waals surface area contributed by atoms with E-state index in [-0.39, 0.29) is 11.8 Å². The average Bonchev–Trinajstić information content (AvgIpc) is 2.36. The molecule has 5 nitrogen and oxygen atoms in total. The SMILES string of the molecule is CC(CCS(C)=O)NS(=O)(=O)Cc1ccc(C#N)cc1. The molecule has 0 bridgehead atoms. The van der Waals surface area contributed by atoms with Crippen LogP contribution in [-0.4, -0.2) is 30.7 Å². The van der Waals surface area contributed by atoms with E-state index in [9.17, 15) is 12.6 Å². The number of rotatable bonds is 7. The second-order valence-electron chi connectivity index (χ2n) is 4.65. The highest BCUT2D eigenvalue weighted by molar-refractivity contribution is 7.88. The second kappa shape index (κ2) is 7.53. The highest BCUT2D eigenvalue weighted by atomic mass is 32.2. The quantitative estimate of drug-likeness (QED) is 0.817. The molecule has 0 aromatic heterocycles. The van der Waals surface area contributed by atoms with Crippen molar-refractivity contribution in [1.82, 2.24) is 4.72 Å². The molecule has 0 aliphatic carbocycles. The lowest BCUT2D eigenvalue weighted by atomic mass is 10.2. The van der Waals surface area contributed by atoms with Crippen molar-refractivity contribution in [2.75, 3.05) is 12.0 Å². The lowest BCUT2D eigenvalue weighted by molar-refractivity contribution is 0.555. The molecule has 0 aliphatic heterocycles. The maximum atomic E-state index is 12.0. The van der Waals surface area contributed by atoms with Crippen molar-refractivity contribution < 1.29 is 12.6 Å². The first-order valence-electron chi connectivity index (χ1n) is 6.11. The fourth-order valence-corrected chi connectivity index (χ4v) is 3.78. The van der Waals surface area contributed by atoms with Crippen LogP contribution in [0.1, 0.15) is 24.5 Å². The molecule has 7 heteroatoms. The normalized spacial score (nSPS) is 14.4. The summed E-state index contributed by atoms with van der Waals surface area (Å²) in [4.78, 5) is 0. The van der Waals surface area contributed by atoms with Gasteiger partial charge in [0.05, 0.1) is 17.4 Å². The van der Waals surface area contributed by atoms with Gasteiger partial charge in [0.15, 0.2) is 0 Å². The summed E-state index contributed by atoms with van der Waals surface area (Å²) in [6.07, 6.45) is 2.13. The maximum absolute atomic E-state index is 12.0. The van der Waals surface area contributed by atoms with Crippen LogP contribution in [0.5, 0.6) is 0 Å². The number of nitrogens with zero attached hydrogens (tertiary/aromatic N) is 1. The van der Waals surface area contributed by atoms with Crippen molar-refractivity contribution in [2.24, 2.45) is 0 Å². The van der Waals surface area contributed by atoms with Gasteiger partial charge in [-0.2, -0.15) is 5.26 Å². The second-order valence-corrected chi connectivity index (χ2v) is 7.96. The molecule has 0 amide bonds. The average molecular weight is 314 g/mol. The van der Waals surface area contributed by atoms with Crippen molar-refractivity contribution >= 4 is 20.8 Å². The Hall–Kier alpha value is -1.23. The molecule has 2 atom stereocenters. The molecule has 1 N–H and O–H groups in total. The molecule has 0 spiro atoms. The molecule has 0 radical (unpaired) electrons. The smallest absolute Gasteiger partial charge is 0.216 e. The Bertz CT molecular complexity index is 603. The van der Waals surface area contributed by atoms with Crippen LogP contribution >= 0.6 is 0 Å². The van der Waals surface area contributed by atoms with Gasteiger partial charge in [-0.05, 0) is 31.0 Å². The zero-order valence-electron chi connectivity index (χ0n) is 11.5. The van der Waals surface area contributed by atoms with Gasteiger partial charge in [0, 0.05) is 28.9 Å². The molecule has 1 aromatic rings. The number of nitrogens with one attached hydrogen (secondary N) is 1. The molecule has 0 saturated heterocycles. The van der Waals surface area contributed by atoms with E-state index in [0.29, 0.717) is 23.3 Å². The molecular formula is C13H18N2O3S2. The molecule has 1 aromatic carbocycles. The summed E-state index contributed by atoms with van der Waals surface area (Å²) in [6, 6.07) is 8.18. The van der Waals surface area contributed by atoms with Crippen LogP contribution in [0.4, 0.5) is 0 Å². The Balaban J connectivity index is 2.60. The van der Waals surface area contributed by atoms with Gasteiger partial charge in [-0.1, -0.05) is 12.1 Å². The van der Waals surface area contributed by atoms with E-state index in [2.05, 4.69) is 4.72 Å². The lowest BCUT2D eigenvalue weighted by Gasteiger charge is -2.13. The van der Waals surface area contributed by atoms with Crippen molar-refractivity contribution in [3.05, 3.63) is 35.4 Å². The third-order valence-electron chi connectivity index (χ3n) is 2.66. The number of benzene rings is 1. The largest absolute Gasteiger partial charge is 0.260 e. The monoisotopic (exact) mass is 314 g/mol. The van der Waals surface area contributed by atoms with E-state index in [0.717, 1.165) is 0 Å². The van der Waals surface area contributed by atoms with Crippen LogP contribution in [0.25, 0.3) is 0 Å². The molecule has 0 saturated carbocycles. The highest BCUT2D eigenvalue weighted by Crippen LogP contribution is 2.08. The molecule has 0 fully saturated rings. The van der Waals surface area contributed by atoms with Gasteiger partial charge >= 0.3 is 0 Å². The molecule has 110 valence electrons. The maximum Gasteiger partial charge on any atom is 0.216 e. The van der Waals surface area contributed by atoms with E-state index in [1.165, 1.54) is 0 Å². The Labute approximate surface area is 122 Å². The van der Waals surface area contributed by atoms with Crippen LogP contribution < -0.4 is 4.72 Å². The lowest BCUT2D eigenvalue weighted by Crippen LogP contribution is -2.34. The van der Waals surface area contributed by atoms with Crippen molar-refractivity contribution in [3.63, 3.8) is 0 Å². The minimum absolute atomic E-state index is 0.127. The van der Waals surface area contributed by atoms with Crippen LogP contribution in [0.3, 0.4) is 0 Å². The summed E-state index contributed by atoms with van der Waals surface area (Å²) in [6.45, 7) is 1.75. The summed E-state index contributed by atoms with van der Waals surface area (Å²) in [5, 5.41) is 8.68. The van der Waals surface area contributed by atoms with Gasteiger partial charge < -0.3 is 0 Å². The van der Waals surface area contributed by atoms with Crippen molar-refractivity contribution in [2.45, 2.75) is 25.1 Å². The topological polar surface area (TPSA) is 87.0 Å². The van der Waals surface area contributed by atoms with Crippen LogP contribution in [0, 0.1) is 11.3 Å². The van der Waals surface area contributed by atoms with Crippen molar-refractivity contribution in [3.8, 4) is 6.07 Å². The van der Waals surface area contributed by atoms with E-state index >= 15 is 0 Å². The van der Waals surface area contributed by atoms with Gasteiger partial charge in [0.2, 0.25) is 10.0 Å². The third-order valence-corrected chi connectivity index (χ3v) is 4.94. The van der Waals surface area contributed by atoms with Crippen LogP contribution in [0.15, 0.2) is 24.3 Å². The number of sulfonamides is 1. The van der Waals surface area contributed by atoms with Crippen LogP contribution in [0.2, 0.25) is 0 Å². The third kappa shape index (κ3) is 6.28. The van der Waals surface area contributed by atoms with Gasteiger partial charge in [0.25, 0.3) is 0 Å². The van der Waals surface area contributed by atoms with Crippen LogP contribution in [-0.2, 0) is 26.6 Å². The van der Waals surface area contributed by atoms with Gasteiger partial charge in [-0.25, -0.2) is 13.1 Å². The first-order chi connectivity index (χ1) is 9.32. The predicted molar refractivity (Wildman–Crippen MR) is 79.9 cm³/mol. The number of hydrogen-bond donors (Lipinski definition) is 1. The fraction of sp³-hybridized carbons (Fsp3) is 0.462. The Morgan fingerprint density at radius 1 is 1.35 bits per heavy atom. The summed E-state index contributed by atoms with van der Waals surface area (Å²) < 4.78 is 37.4. The van der Waals surface area contributed by atoms with Gasteiger partial charge in [0.1, 0.15) is 0 Å². The fourth-order valence-electron chi connectivity index (χ4n) is 1.64. The molecule has 1 rings (SSSR count). The molecule has 0 aliphatic rings. The van der Waals surface area contributed by atoms with Gasteiger partial charge in [-0.15, -0.1) is 0 Å². The molecule has 0 heterocycles. The molecular weight excluding hydrogens is 296 g/mol. The van der Waals surface area contributed by atoms with E-state index in [4.69, 9.17) is 5.26 Å². The van der Waals surface area contributed by atoms with E-state index < -0.39 is 20.8 Å². The Morgan fingerprint density at radius 3 is 2.45 bits per heavy atom. The van der Waals surface area contributed by atoms with E-state index in [1.54, 1.807) is 37.4 Å².